The molecule has 0 radical (unpaired) electrons. The van der Waals surface area contributed by atoms with Gasteiger partial charge in [-0.05, 0) is 80.6 Å². The van der Waals surface area contributed by atoms with Gasteiger partial charge < -0.3 is 10.2 Å². The molecular formula is C38H41Cl2N3O4S. The minimum atomic E-state index is -4.22. The predicted molar refractivity (Wildman–Crippen MR) is 193 cm³/mol. The number of anilines is 1. The molecule has 0 aromatic heterocycles. The average Bonchev–Trinajstić information content (AvgIpc) is 3.58. The fraction of sp³-hybridized carbons (Fsp3) is 0.316. The summed E-state index contributed by atoms with van der Waals surface area (Å²) < 4.78 is 29.9. The summed E-state index contributed by atoms with van der Waals surface area (Å²) in [5.41, 5.74) is 4.22. The van der Waals surface area contributed by atoms with Crippen molar-refractivity contribution in [3.63, 3.8) is 0 Å². The number of hydrogen-bond acceptors (Lipinski definition) is 4. The van der Waals surface area contributed by atoms with Gasteiger partial charge in [-0.2, -0.15) is 0 Å². The summed E-state index contributed by atoms with van der Waals surface area (Å²) >= 11 is 13.3. The van der Waals surface area contributed by atoms with Crippen LogP contribution in [0.15, 0.2) is 95.9 Å². The van der Waals surface area contributed by atoms with Crippen molar-refractivity contribution < 1.29 is 18.0 Å². The number of rotatable bonds is 12. The molecule has 7 nitrogen and oxygen atoms in total. The van der Waals surface area contributed by atoms with Gasteiger partial charge in [-0.1, -0.05) is 102 Å². The number of nitrogens with zero attached hydrogens (tertiary/aromatic N) is 2. The van der Waals surface area contributed by atoms with E-state index in [4.69, 9.17) is 23.2 Å². The SMILES string of the molecule is Cc1ccc(S(=O)(=O)N(CC(=O)N(Cc2c(Cl)cccc2Cl)[C@H](Cc2ccccc2)C(=O)NC2CCCC2)c2cccc(C)c2C)cc1. The first kappa shape index (κ1) is 35.5. The monoisotopic (exact) mass is 705 g/mol. The second-order valence-corrected chi connectivity index (χ2v) is 15.1. The number of hydrogen-bond donors (Lipinski definition) is 1. The van der Waals surface area contributed by atoms with Gasteiger partial charge in [0.05, 0.1) is 10.6 Å². The second kappa shape index (κ2) is 15.6. The van der Waals surface area contributed by atoms with Gasteiger partial charge in [0.1, 0.15) is 12.6 Å². The maximum atomic E-state index is 14.8. The Bertz CT molecular complexity index is 1840. The molecule has 1 atom stereocenters. The molecule has 1 fully saturated rings. The van der Waals surface area contributed by atoms with E-state index in [1.54, 1.807) is 54.6 Å². The lowest BCUT2D eigenvalue weighted by atomic mass is 10.0. The number of nitrogens with one attached hydrogen (secondary N) is 1. The van der Waals surface area contributed by atoms with E-state index >= 15 is 0 Å². The van der Waals surface area contributed by atoms with Crippen LogP contribution in [0, 0.1) is 20.8 Å². The van der Waals surface area contributed by atoms with Crippen molar-refractivity contribution in [2.45, 2.75) is 76.4 Å². The first-order chi connectivity index (χ1) is 23.0. The summed E-state index contributed by atoms with van der Waals surface area (Å²) in [6.45, 7) is 4.96. The standard InChI is InChI=1S/C38H41Cl2N3O4S/c1-26-19-21-31(22-20-26)48(46,47)43(35-18-9-11-27(2)28(35)3)25-37(44)42(24-32-33(39)16-10-17-34(32)40)36(23-29-12-5-4-6-13-29)38(45)41-30-14-7-8-15-30/h4-6,9-13,16-22,30,36H,7-8,14-15,23-25H2,1-3H3,(H,41,45)/t36-/m1/s1. The van der Waals surface area contributed by atoms with E-state index in [2.05, 4.69) is 5.32 Å². The van der Waals surface area contributed by atoms with E-state index in [0.29, 0.717) is 21.3 Å². The van der Waals surface area contributed by atoms with E-state index in [9.17, 15) is 18.0 Å². The molecule has 0 bridgehead atoms. The minimum absolute atomic E-state index is 0.00461. The molecule has 0 spiro atoms. The molecule has 4 aromatic carbocycles. The quantitative estimate of drug-likeness (QED) is 0.163. The third kappa shape index (κ3) is 8.23. The summed E-state index contributed by atoms with van der Waals surface area (Å²) in [6, 6.07) is 25.5. The number of sulfonamides is 1. The van der Waals surface area contributed by atoms with Crippen molar-refractivity contribution in [1.29, 1.82) is 0 Å². The zero-order valence-electron chi connectivity index (χ0n) is 27.5. The lowest BCUT2D eigenvalue weighted by molar-refractivity contribution is -0.140. The van der Waals surface area contributed by atoms with Crippen molar-refractivity contribution in [2.24, 2.45) is 0 Å². The van der Waals surface area contributed by atoms with E-state index < -0.39 is 28.5 Å². The lowest BCUT2D eigenvalue weighted by Gasteiger charge is -2.35. The molecule has 1 aliphatic carbocycles. The molecule has 1 aliphatic rings. The largest absolute Gasteiger partial charge is 0.352 e. The van der Waals surface area contributed by atoms with Gasteiger partial charge >= 0.3 is 0 Å². The molecule has 252 valence electrons. The maximum Gasteiger partial charge on any atom is 0.264 e. The van der Waals surface area contributed by atoms with E-state index in [0.717, 1.165) is 52.2 Å². The molecule has 0 saturated heterocycles. The molecule has 0 unspecified atom stereocenters. The Balaban J connectivity index is 1.62. The van der Waals surface area contributed by atoms with Crippen molar-refractivity contribution >= 4 is 50.7 Å². The van der Waals surface area contributed by atoms with Crippen molar-refractivity contribution in [2.75, 3.05) is 10.8 Å². The summed E-state index contributed by atoms with van der Waals surface area (Å²) in [5, 5.41) is 3.86. The third-order valence-electron chi connectivity index (χ3n) is 9.10. The number of benzene rings is 4. The van der Waals surface area contributed by atoms with Crippen LogP contribution >= 0.6 is 23.2 Å². The van der Waals surface area contributed by atoms with Gasteiger partial charge in [-0.25, -0.2) is 8.42 Å². The van der Waals surface area contributed by atoms with Crippen molar-refractivity contribution in [3.05, 3.63) is 129 Å². The van der Waals surface area contributed by atoms with Gasteiger partial charge in [0.15, 0.2) is 0 Å². The molecule has 0 aliphatic heterocycles. The molecular weight excluding hydrogens is 665 g/mol. The predicted octanol–water partition coefficient (Wildman–Crippen LogP) is 7.81. The van der Waals surface area contributed by atoms with Gasteiger partial charge in [0, 0.05) is 34.6 Å². The van der Waals surface area contributed by atoms with Crippen LogP contribution in [0.1, 0.15) is 53.5 Å². The van der Waals surface area contributed by atoms with Gasteiger partial charge in [-0.15, -0.1) is 0 Å². The zero-order chi connectivity index (χ0) is 34.4. The molecule has 1 saturated carbocycles. The molecule has 10 heteroatoms. The number of aryl methyl sites for hydroxylation is 2. The van der Waals surface area contributed by atoms with Crippen LogP contribution < -0.4 is 9.62 Å². The summed E-state index contributed by atoms with van der Waals surface area (Å²) in [7, 11) is -4.22. The molecule has 5 rings (SSSR count). The van der Waals surface area contributed by atoms with Gasteiger partial charge in [0.25, 0.3) is 10.0 Å². The van der Waals surface area contributed by atoms with Crippen LogP contribution in [-0.4, -0.2) is 43.8 Å². The highest BCUT2D eigenvalue weighted by Crippen LogP contribution is 2.31. The number of carbonyl (C=O) groups excluding carboxylic acids is 2. The number of carbonyl (C=O) groups is 2. The van der Waals surface area contributed by atoms with Gasteiger partial charge in [-0.3, -0.25) is 13.9 Å². The van der Waals surface area contributed by atoms with Crippen LogP contribution in [0.5, 0.6) is 0 Å². The van der Waals surface area contributed by atoms with Crippen molar-refractivity contribution in [3.8, 4) is 0 Å². The van der Waals surface area contributed by atoms with Crippen LogP contribution in [0.3, 0.4) is 0 Å². The highest BCUT2D eigenvalue weighted by molar-refractivity contribution is 7.92. The normalized spacial score (nSPS) is 14.0. The van der Waals surface area contributed by atoms with Crippen LogP contribution in [0.2, 0.25) is 10.0 Å². The summed E-state index contributed by atoms with van der Waals surface area (Å²) in [5.74, 6) is -0.868. The fourth-order valence-electron chi connectivity index (χ4n) is 6.13. The summed E-state index contributed by atoms with van der Waals surface area (Å²) in [6.07, 6.45) is 3.98. The molecule has 0 heterocycles. The highest BCUT2D eigenvalue weighted by atomic mass is 35.5. The highest BCUT2D eigenvalue weighted by Gasteiger charge is 2.36. The molecule has 4 aromatic rings. The fourth-order valence-corrected chi connectivity index (χ4v) is 8.12. The van der Waals surface area contributed by atoms with Gasteiger partial charge in [0.2, 0.25) is 11.8 Å². The smallest absolute Gasteiger partial charge is 0.264 e. The van der Waals surface area contributed by atoms with E-state index in [1.165, 1.54) is 4.90 Å². The second-order valence-electron chi connectivity index (χ2n) is 12.5. The Labute approximate surface area is 293 Å². The number of amides is 2. The molecule has 2 amide bonds. The first-order valence-corrected chi connectivity index (χ1v) is 18.4. The van der Waals surface area contributed by atoms with Crippen molar-refractivity contribution in [1.82, 2.24) is 10.2 Å². The Morgan fingerprint density at radius 2 is 1.46 bits per heavy atom. The topological polar surface area (TPSA) is 86.8 Å². The van der Waals surface area contributed by atoms with Crippen LogP contribution in [0.4, 0.5) is 5.69 Å². The third-order valence-corrected chi connectivity index (χ3v) is 11.6. The number of halogens is 2. The lowest BCUT2D eigenvalue weighted by Crippen LogP contribution is -2.54. The van der Waals surface area contributed by atoms with E-state index in [1.807, 2.05) is 57.2 Å². The molecule has 1 N–H and O–H groups in total. The maximum absolute atomic E-state index is 14.8. The Morgan fingerprint density at radius 1 is 0.833 bits per heavy atom. The molecule has 48 heavy (non-hydrogen) atoms. The summed E-state index contributed by atoms with van der Waals surface area (Å²) in [4.78, 5) is 30.5. The average molecular weight is 707 g/mol. The Hall–Kier alpha value is -3.85. The Kier molecular flexibility index (Phi) is 11.5. The van der Waals surface area contributed by atoms with E-state index in [-0.39, 0.29) is 29.8 Å². The zero-order valence-corrected chi connectivity index (χ0v) is 29.8. The minimum Gasteiger partial charge on any atom is -0.352 e. The van der Waals surface area contributed by atoms with Crippen LogP contribution in [-0.2, 0) is 32.6 Å². The first-order valence-electron chi connectivity index (χ1n) is 16.2. The Morgan fingerprint density at radius 3 is 2.10 bits per heavy atom. The van der Waals surface area contributed by atoms with Crippen LogP contribution in [0.25, 0.3) is 0 Å².